The number of benzene rings is 2. The summed E-state index contributed by atoms with van der Waals surface area (Å²) in [4.78, 5) is 27.4. The Morgan fingerprint density at radius 3 is 2.37 bits per heavy atom. The van der Waals surface area contributed by atoms with E-state index in [9.17, 15) is 18.0 Å². The molecule has 2 unspecified atom stereocenters. The molecular formula is C27H34N2O5S. The van der Waals surface area contributed by atoms with Gasteiger partial charge in [-0.1, -0.05) is 26.8 Å². The third kappa shape index (κ3) is 5.53. The van der Waals surface area contributed by atoms with E-state index in [4.69, 9.17) is 4.74 Å². The minimum absolute atomic E-state index is 0.118. The van der Waals surface area contributed by atoms with Gasteiger partial charge in [0.15, 0.2) is 6.61 Å². The average Bonchev–Trinajstić information content (AvgIpc) is 3.02. The first-order valence-electron chi connectivity index (χ1n) is 11.9. The van der Waals surface area contributed by atoms with Gasteiger partial charge in [0, 0.05) is 18.3 Å². The number of esters is 1. The highest BCUT2D eigenvalue weighted by atomic mass is 32.2. The first kappa shape index (κ1) is 25.2. The number of carbonyl (C=O) groups is 2. The van der Waals surface area contributed by atoms with Crippen LogP contribution in [0.25, 0.3) is 0 Å². The molecule has 188 valence electrons. The van der Waals surface area contributed by atoms with Crippen LogP contribution in [0.15, 0.2) is 47.4 Å². The highest BCUT2D eigenvalue weighted by Gasteiger charge is 2.50. The summed E-state index contributed by atoms with van der Waals surface area (Å²) < 4.78 is 33.2. The monoisotopic (exact) mass is 498 g/mol. The lowest BCUT2D eigenvalue weighted by Gasteiger charge is -2.39. The number of carbonyl (C=O) groups excluding carboxylic acids is 2. The molecule has 2 aromatic carbocycles. The topological polar surface area (TPSA) is 92.8 Å². The zero-order valence-electron chi connectivity index (χ0n) is 21.1. The number of sulfonamides is 1. The summed E-state index contributed by atoms with van der Waals surface area (Å²) >= 11 is 0. The van der Waals surface area contributed by atoms with E-state index < -0.39 is 16.0 Å². The lowest BCUT2D eigenvalue weighted by molar-refractivity contribution is -0.135. The molecule has 2 fully saturated rings. The quantitative estimate of drug-likeness (QED) is 0.584. The van der Waals surface area contributed by atoms with Crippen molar-refractivity contribution in [2.75, 3.05) is 17.9 Å². The Labute approximate surface area is 207 Å². The van der Waals surface area contributed by atoms with Crippen LogP contribution >= 0.6 is 0 Å². The Morgan fingerprint density at radius 1 is 1.03 bits per heavy atom. The number of rotatable bonds is 6. The summed E-state index contributed by atoms with van der Waals surface area (Å²) in [6.07, 6.45) is 3.04. The van der Waals surface area contributed by atoms with Crippen LogP contribution in [0.5, 0.6) is 0 Å². The van der Waals surface area contributed by atoms with E-state index in [1.807, 2.05) is 18.7 Å². The Morgan fingerprint density at radius 2 is 1.71 bits per heavy atom. The third-order valence-electron chi connectivity index (χ3n) is 7.22. The van der Waals surface area contributed by atoms with E-state index in [0.29, 0.717) is 12.2 Å². The molecule has 2 aromatic rings. The Kier molecular flexibility index (Phi) is 6.47. The van der Waals surface area contributed by atoms with Gasteiger partial charge in [0.2, 0.25) is 0 Å². The number of aryl methyl sites for hydroxylation is 2. The maximum absolute atomic E-state index is 12.8. The molecule has 1 saturated heterocycles. The average molecular weight is 499 g/mol. The maximum Gasteiger partial charge on any atom is 0.338 e. The highest BCUT2D eigenvalue weighted by Crippen LogP contribution is 2.52. The molecule has 1 aliphatic carbocycles. The summed E-state index contributed by atoms with van der Waals surface area (Å²) in [6.45, 7) is 10.9. The van der Waals surface area contributed by atoms with Crippen LogP contribution in [0.4, 0.5) is 5.69 Å². The van der Waals surface area contributed by atoms with Crippen LogP contribution in [0, 0.1) is 24.7 Å². The van der Waals surface area contributed by atoms with Crippen molar-refractivity contribution >= 4 is 27.6 Å². The SMILES string of the molecule is Cc1ccc(S(=O)(=O)Nc2ccc(C(=O)OCC(=O)N3CC4(C)CC3CC(C)(C)C4)cc2)cc1C. The van der Waals surface area contributed by atoms with Gasteiger partial charge in [0.1, 0.15) is 0 Å². The van der Waals surface area contributed by atoms with Crippen molar-refractivity contribution in [1.29, 1.82) is 0 Å². The number of ether oxygens (including phenoxy) is 1. The summed E-state index contributed by atoms with van der Waals surface area (Å²) in [5.74, 6) is -0.779. The van der Waals surface area contributed by atoms with Crippen LogP contribution in [-0.4, -0.2) is 44.4 Å². The lowest BCUT2D eigenvalue weighted by Crippen LogP contribution is -2.39. The number of hydrogen-bond acceptors (Lipinski definition) is 5. The molecule has 4 rings (SSSR count). The van der Waals surface area contributed by atoms with Crippen LogP contribution in [0.3, 0.4) is 0 Å². The van der Waals surface area contributed by atoms with Crippen molar-refractivity contribution in [2.45, 2.75) is 64.8 Å². The van der Waals surface area contributed by atoms with E-state index in [0.717, 1.165) is 30.4 Å². The van der Waals surface area contributed by atoms with Gasteiger partial charge in [0.25, 0.3) is 15.9 Å². The molecule has 1 amide bonds. The van der Waals surface area contributed by atoms with Gasteiger partial charge in [-0.25, -0.2) is 13.2 Å². The molecule has 0 radical (unpaired) electrons. The van der Waals surface area contributed by atoms with Crippen LogP contribution in [-0.2, 0) is 19.6 Å². The lowest BCUT2D eigenvalue weighted by atomic mass is 9.65. The summed E-state index contributed by atoms with van der Waals surface area (Å²) in [7, 11) is -3.75. The molecule has 2 atom stereocenters. The molecule has 1 aliphatic heterocycles. The second-order valence-corrected chi connectivity index (χ2v) is 12.9. The second-order valence-electron chi connectivity index (χ2n) is 11.2. The van der Waals surface area contributed by atoms with E-state index >= 15 is 0 Å². The zero-order valence-corrected chi connectivity index (χ0v) is 21.9. The molecule has 1 heterocycles. The van der Waals surface area contributed by atoms with E-state index in [1.165, 1.54) is 24.3 Å². The largest absolute Gasteiger partial charge is 0.452 e. The Bertz CT molecular complexity index is 1250. The van der Waals surface area contributed by atoms with Crippen molar-refractivity contribution in [3.8, 4) is 0 Å². The molecule has 2 bridgehead atoms. The zero-order chi connectivity index (χ0) is 25.6. The normalized spacial score (nSPS) is 23.1. The third-order valence-corrected chi connectivity index (χ3v) is 8.60. The highest BCUT2D eigenvalue weighted by molar-refractivity contribution is 7.92. The first-order chi connectivity index (χ1) is 16.3. The second kappa shape index (κ2) is 8.97. The molecule has 0 aromatic heterocycles. The maximum atomic E-state index is 12.8. The standard InChI is InChI=1S/C27H34N2O5S/c1-18-6-11-23(12-19(18)2)35(32,33)28-21-9-7-20(8-10-21)25(31)34-15-24(30)29-17-27(5)14-22(29)13-26(3,4)16-27/h6-12,22,28H,13-17H2,1-5H3. The minimum Gasteiger partial charge on any atom is -0.452 e. The first-order valence-corrected chi connectivity index (χ1v) is 13.4. The number of fused-ring (bicyclic) bond motifs is 2. The van der Waals surface area contributed by atoms with Gasteiger partial charge in [-0.3, -0.25) is 9.52 Å². The van der Waals surface area contributed by atoms with Gasteiger partial charge in [0.05, 0.1) is 10.5 Å². The predicted molar refractivity (Wildman–Crippen MR) is 135 cm³/mol. The number of likely N-dealkylation sites (tertiary alicyclic amines) is 1. The summed E-state index contributed by atoms with van der Waals surface area (Å²) in [5.41, 5.74) is 2.79. The van der Waals surface area contributed by atoms with Crippen molar-refractivity contribution in [1.82, 2.24) is 4.90 Å². The molecule has 2 aliphatic rings. The summed E-state index contributed by atoms with van der Waals surface area (Å²) in [5, 5.41) is 0. The van der Waals surface area contributed by atoms with Crippen LogP contribution < -0.4 is 4.72 Å². The molecule has 0 spiro atoms. The van der Waals surface area contributed by atoms with Crippen LogP contribution in [0.1, 0.15) is 61.5 Å². The number of anilines is 1. The van der Waals surface area contributed by atoms with Gasteiger partial charge < -0.3 is 9.64 Å². The van der Waals surface area contributed by atoms with Crippen molar-refractivity contribution in [3.63, 3.8) is 0 Å². The van der Waals surface area contributed by atoms with Crippen molar-refractivity contribution in [3.05, 3.63) is 59.2 Å². The molecule has 1 saturated carbocycles. The Balaban J connectivity index is 1.35. The minimum atomic E-state index is -3.75. The predicted octanol–water partition coefficient (Wildman–Crippen LogP) is 4.69. The fourth-order valence-corrected chi connectivity index (χ4v) is 6.96. The van der Waals surface area contributed by atoms with E-state index in [1.54, 1.807) is 18.2 Å². The van der Waals surface area contributed by atoms with E-state index in [-0.39, 0.29) is 39.8 Å². The fraction of sp³-hybridized carbons (Fsp3) is 0.481. The molecular weight excluding hydrogens is 464 g/mol. The van der Waals surface area contributed by atoms with E-state index in [2.05, 4.69) is 25.5 Å². The number of nitrogens with one attached hydrogen (secondary N) is 1. The Hall–Kier alpha value is -2.87. The molecule has 8 heteroatoms. The number of amides is 1. The number of hydrogen-bond donors (Lipinski definition) is 1. The van der Waals surface area contributed by atoms with Crippen LogP contribution in [0.2, 0.25) is 0 Å². The van der Waals surface area contributed by atoms with Gasteiger partial charge in [-0.05, 0) is 91.5 Å². The summed E-state index contributed by atoms with van der Waals surface area (Å²) in [6, 6.07) is 11.1. The number of nitrogens with zero attached hydrogens (tertiary/aromatic N) is 1. The van der Waals surface area contributed by atoms with Gasteiger partial charge >= 0.3 is 5.97 Å². The molecule has 1 N–H and O–H groups in total. The van der Waals surface area contributed by atoms with Gasteiger partial charge in [-0.2, -0.15) is 0 Å². The van der Waals surface area contributed by atoms with Gasteiger partial charge in [-0.15, -0.1) is 0 Å². The molecule has 35 heavy (non-hydrogen) atoms. The smallest absolute Gasteiger partial charge is 0.338 e. The molecule has 7 nitrogen and oxygen atoms in total. The fourth-order valence-electron chi connectivity index (χ4n) is 5.81. The van der Waals surface area contributed by atoms with Crippen molar-refractivity contribution < 1.29 is 22.7 Å². The van der Waals surface area contributed by atoms with Crippen molar-refractivity contribution in [2.24, 2.45) is 10.8 Å².